The lowest BCUT2D eigenvalue weighted by atomic mass is 10.1. The number of aromatic nitrogens is 4. The highest BCUT2D eigenvalue weighted by Gasteiger charge is 2.14. The first-order chi connectivity index (χ1) is 18.5. The molecule has 1 atom stereocenters. The zero-order valence-electron chi connectivity index (χ0n) is 21.5. The molecule has 1 fully saturated rings. The van der Waals surface area contributed by atoms with E-state index in [-0.39, 0.29) is 5.91 Å². The number of fused-ring (bicyclic) bond motifs is 1. The molecule has 3 aromatic heterocycles. The highest BCUT2D eigenvalue weighted by molar-refractivity contribution is 6.00. The topological polar surface area (TPSA) is 120 Å². The van der Waals surface area contributed by atoms with Crippen molar-refractivity contribution in [3.63, 3.8) is 0 Å². The van der Waals surface area contributed by atoms with E-state index in [1.807, 2.05) is 61.5 Å². The van der Waals surface area contributed by atoms with Crippen LogP contribution in [0.5, 0.6) is 0 Å². The Morgan fingerprint density at radius 3 is 2.82 bits per heavy atom. The van der Waals surface area contributed by atoms with Crippen molar-refractivity contribution in [1.29, 1.82) is 0 Å². The SMILES string of the molecule is CN(C)C/C=C/C(=O)Nc1ccnc(-c2cccc3cnc(Nc4ccc(NC5CCNC5)nc4)nc23)c1. The van der Waals surface area contributed by atoms with Crippen LogP contribution < -0.4 is 21.3 Å². The maximum absolute atomic E-state index is 12.3. The van der Waals surface area contributed by atoms with Crippen LogP contribution >= 0.6 is 0 Å². The molecule has 4 aromatic rings. The molecular formula is C28H31N9O. The van der Waals surface area contributed by atoms with Gasteiger partial charge in [-0.3, -0.25) is 9.78 Å². The van der Waals surface area contributed by atoms with Crippen molar-refractivity contribution < 1.29 is 4.79 Å². The minimum Gasteiger partial charge on any atom is -0.366 e. The summed E-state index contributed by atoms with van der Waals surface area (Å²) in [5, 5.41) is 13.8. The number of para-hydroxylation sites is 1. The van der Waals surface area contributed by atoms with Crippen molar-refractivity contribution in [2.45, 2.75) is 12.5 Å². The van der Waals surface area contributed by atoms with E-state index in [1.54, 1.807) is 24.7 Å². The minimum atomic E-state index is -0.189. The molecular weight excluding hydrogens is 478 g/mol. The number of nitrogens with one attached hydrogen (secondary N) is 4. The molecule has 0 radical (unpaired) electrons. The highest BCUT2D eigenvalue weighted by atomic mass is 16.1. The predicted molar refractivity (Wildman–Crippen MR) is 152 cm³/mol. The van der Waals surface area contributed by atoms with Crippen molar-refractivity contribution in [3.05, 3.63) is 73.2 Å². The molecule has 1 aromatic carbocycles. The third-order valence-electron chi connectivity index (χ3n) is 6.09. The number of nitrogens with zero attached hydrogens (tertiary/aromatic N) is 5. The number of carbonyl (C=O) groups is 1. The van der Waals surface area contributed by atoms with E-state index >= 15 is 0 Å². The fourth-order valence-corrected chi connectivity index (χ4v) is 4.20. The van der Waals surface area contributed by atoms with Gasteiger partial charge in [-0.25, -0.2) is 15.0 Å². The quantitative estimate of drug-likeness (QED) is 0.251. The summed E-state index contributed by atoms with van der Waals surface area (Å²) in [7, 11) is 3.90. The molecule has 0 saturated carbocycles. The van der Waals surface area contributed by atoms with Crippen molar-refractivity contribution in [3.8, 4) is 11.3 Å². The van der Waals surface area contributed by atoms with Crippen molar-refractivity contribution in [2.24, 2.45) is 0 Å². The number of rotatable bonds is 9. The third kappa shape index (κ3) is 6.47. The lowest BCUT2D eigenvalue weighted by Gasteiger charge is -2.13. The first-order valence-electron chi connectivity index (χ1n) is 12.6. The second-order valence-corrected chi connectivity index (χ2v) is 9.41. The second kappa shape index (κ2) is 11.8. The number of carbonyl (C=O) groups excluding carboxylic acids is 1. The standard InChI is InChI=1S/C28H31N9O/c1-37(2)14-4-7-26(38)34-20-11-13-30-24(15-20)23-6-3-5-19-16-32-28(36-27(19)23)35-21-8-9-25(31-18-21)33-22-10-12-29-17-22/h3-9,11,13,15-16,18,22,29H,10,12,14,17H2,1-2H3,(H,31,33)(H,30,34,38)(H,32,35,36)/b7-4+. The number of amides is 1. The number of hydrogen-bond donors (Lipinski definition) is 4. The van der Waals surface area contributed by atoms with Gasteiger partial charge in [-0.1, -0.05) is 24.3 Å². The van der Waals surface area contributed by atoms with Crippen LogP contribution in [0.3, 0.4) is 0 Å². The summed E-state index contributed by atoms with van der Waals surface area (Å²) in [5.74, 6) is 1.12. The van der Waals surface area contributed by atoms with Gasteiger partial charge >= 0.3 is 0 Å². The van der Waals surface area contributed by atoms with Crippen molar-refractivity contribution in [1.82, 2.24) is 30.2 Å². The van der Waals surface area contributed by atoms with Crippen LogP contribution in [0.4, 0.5) is 23.1 Å². The van der Waals surface area contributed by atoms with Crippen molar-refractivity contribution in [2.75, 3.05) is 49.7 Å². The Labute approximate surface area is 221 Å². The summed E-state index contributed by atoms with van der Waals surface area (Å²) >= 11 is 0. The molecule has 1 aliphatic heterocycles. The Morgan fingerprint density at radius 2 is 2.03 bits per heavy atom. The van der Waals surface area contributed by atoms with E-state index in [2.05, 4.69) is 36.2 Å². The molecule has 5 rings (SSSR count). The van der Waals surface area contributed by atoms with Gasteiger partial charge in [0.15, 0.2) is 0 Å². The highest BCUT2D eigenvalue weighted by Crippen LogP contribution is 2.28. The average molecular weight is 510 g/mol. The Morgan fingerprint density at radius 1 is 1.11 bits per heavy atom. The molecule has 1 aliphatic rings. The summed E-state index contributed by atoms with van der Waals surface area (Å²) in [6.45, 7) is 2.67. The molecule has 0 bridgehead atoms. The lowest BCUT2D eigenvalue weighted by Crippen LogP contribution is -2.22. The summed E-state index contributed by atoms with van der Waals surface area (Å²) in [4.78, 5) is 32.6. The maximum Gasteiger partial charge on any atom is 0.248 e. The van der Waals surface area contributed by atoms with Gasteiger partial charge in [0.25, 0.3) is 0 Å². The van der Waals surface area contributed by atoms with Gasteiger partial charge in [-0.2, -0.15) is 0 Å². The van der Waals surface area contributed by atoms with Gasteiger partial charge in [0.2, 0.25) is 11.9 Å². The van der Waals surface area contributed by atoms with Crippen molar-refractivity contribution >= 4 is 40.0 Å². The largest absolute Gasteiger partial charge is 0.366 e. The van der Waals surface area contributed by atoms with Gasteiger partial charge in [0.1, 0.15) is 5.82 Å². The van der Waals surface area contributed by atoms with Crippen LogP contribution in [0.15, 0.2) is 73.2 Å². The van der Waals surface area contributed by atoms with Crippen LogP contribution in [-0.4, -0.2) is 70.5 Å². The van der Waals surface area contributed by atoms with Crippen LogP contribution in [-0.2, 0) is 4.79 Å². The Bertz CT molecular complexity index is 1430. The summed E-state index contributed by atoms with van der Waals surface area (Å²) in [5.41, 5.74) is 3.75. The normalized spacial score (nSPS) is 15.3. The van der Waals surface area contributed by atoms with Gasteiger partial charge in [-0.05, 0) is 51.3 Å². The van der Waals surface area contributed by atoms with E-state index in [4.69, 9.17) is 4.98 Å². The maximum atomic E-state index is 12.3. The molecule has 1 unspecified atom stereocenters. The zero-order chi connectivity index (χ0) is 26.3. The molecule has 1 saturated heterocycles. The minimum absolute atomic E-state index is 0.189. The van der Waals surface area contributed by atoms with Crippen LogP contribution in [0.25, 0.3) is 22.2 Å². The lowest BCUT2D eigenvalue weighted by molar-refractivity contribution is -0.111. The Kier molecular flexibility index (Phi) is 7.81. The Balaban J connectivity index is 1.33. The number of likely N-dealkylation sites (N-methyl/N-ethyl adjacent to an activating group) is 1. The molecule has 4 N–H and O–H groups in total. The first-order valence-corrected chi connectivity index (χ1v) is 12.6. The van der Waals surface area contributed by atoms with E-state index in [0.717, 1.165) is 47.5 Å². The van der Waals surface area contributed by atoms with E-state index in [9.17, 15) is 4.79 Å². The van der Waals surface area contributed by atoms with Gasteiger partial charge in [-0.15, -0.1) is 0 Å². The molecule has 0 aliphatic carbocycles. The molecule has 10 heteroatoms. The third-order valence-corrected chi connectivity index (χ3v) is 6.09. The van der Waals surface area contributed by atoms with Crippen LogP contribution in [0.1, 0.15) is 6.42 Å². The van der Waals surface area contributed by atoms with E-state index in [1.165, 1.54) is 6.08 Å². The molecule has 0 spiro atoms. The summed E-state index contributed by atoms with van der Waals surface area (Å²) in [6, 6.07) is 13.8. The zero-order valence-corrected chi connectivity index (χ0v) is 21.5. The van der Waals surface area contributed by atoms with E-state index < -0.39 is 0 Å². The number of benzene rings is 1. The monoisotopic (exact) mass is 509 g/mol. The average Bonchev–Trinajstić information content (AvgIpc) is 3.42. The summed E-state index contributed by atoms with van der Waals surface area (Å²) < 4.78 is 0. The van der Waals surface area contributed by atoms with Crippen LogP contribution in [0.2, 0.25) is 0 Å². The first kappa shape index (κ1) is 25.2. The molecule has 10 nitrogen and oxygen atoms in total. The Hall–Kier alpha value is -4.41. The second-order valence-electron chi connectivity index (χ2n) is 9.41. The van der Waals surface area contributed by atoms with Gasteiger partial charge in [0.05, 0.1) is 23.1 Å². The smallest absolute Gasteiger partial charge is 0.248 e. The van der Waals surface area contributed by atoms with Crippen LogP contribution in [0, 0.1) is 0 Å². The molecule has 194 valence electrons. The number of pyridine rings is 2. The fraction of sp³-hybridized carbons (Fsp3) is 0.250. The number of hydrogen-bond acceptors (Lipinski definition) is 9. The summed E-state index contributed by atoms with van der Waals surface area (Å²) in [6.07, 6.45) is 9.67. The predicted octanol–water partition coefficient (Wildman–Crippen LogP) is 3.66. The number of anilines is 4. The fourth-order valence-electron chi connectivity index (χ4n) is 4.20. The molecule has 38 heavy (non-hydrogen) atoms. The van der Waals surface area contributed by atoms with Gasteiger partial charge in [0, 0.05) is 54.2 Å². The molecule has 4 heterocycles. The molecule has 1 amide bonds. The van der Waals surface area contributed by atoms with E-state index in [0.29, 0.717) is 29.9 Å². The van der Waals surface area contributed by atoms with Gasteiger partial charge < -0.3 is 26.2 Å².